The molecule has 1 aliphatic carbocycles. The summed E-state index contributed by atoms with van der Waals surface area (Å²) in [6.07, 6.45) is 0. The minimum absolute atomic E-state index is 0.0528. The summed E-state index contributed by atoms with van der Waals surface area (Å²) in [7, 11) is -5.88. The predicted octanol–water partition coefficient (Wildman–Crippen LogP) is 26.0. The van der Waals surface area contributed by atoms with Gasteiger partial charge in [0.1, 0.15) is 5.75 Å². The third kappa shape index (κ3) is 10.9. The Hall–Kier alpha value is -13.4. The zero-order valence-electron chi connectivity index (χ0n) is 58.3. The van der Waals surface area contributed by atoms with Gasteiger partial charge in [0.25, 0.3) is 0 Å². The number of benzene rings is 17. The molecule has 17 aromatic carbocycles. The van der Waals surface area contributed by atoms with Crippen LogP contribution in [0.3, 0.4) is 0 Å². The molecule has 0 spiro atoms. The molecule has 11 heteroatoms. The zero-order chi connectivity index (χ0) is 73.2. The van der Waals surface area contributed by atoms with Gasteiger partial charge in [-0.1, -0.05) is 293 Å². The summed E-state index contributed by atoms with van der Waals surface area (Å²) in [5, 5.41) is 32.0. The Morgan fingerprint density at radius 1 is 0.306 bits per heavy atom. The lowest BCUT2D eigenvalue weighted by Gasteiger charge is -2.22. The number of aromatic nitrogens is 3. The van der Waals surface area contributed by atoms with Crippen LogP contribution in [-0.4, -0.2) is 34.0 Å². The van der Waals surface area contributed by atoms with Crippen molar-refractivity contribution in [2.75, 3.05) is 0 Å². The lowest BCUT2D eigenvalue weighted by Crippen LogP contribution is -2.28. The van der Waals surface area contributed by atoms with Gasteiger partial charge in [-0.3, -0.25) is 0 Å². The summed E-state index contributed by atoms with van der Waals surface area (Å²) in [5.74, 6) is -0.162. The lowest BCUT2D eigenvalue weighted by molar-refractivity contribution is -0.0499. The van der Waals surface area contributed by atoms with Gasteiger partial charge in [0.2, 0.25) is 0 Å². The van der Waals surface area contributed by atoms with E-state index in [0.717, 1.165) is 87.6 Å². The Morgan fingerprint density at radius 2 is 0.667 bits per heavy atom. The largest absolute Gasteiger partial charge is 0.534 e. The fraction of sp³-hybridized carbons (Fsp3) is 0.0412. The number of halogens is 3. The number of alkyl halides is 3. The van der Waals surface area contributed by atoms with Crippen LogP contribution < -0.4 is 4.18 Å². The number of rotatable bonds is 6. The molecule has 3 aromatic heterocycles. The SMILES string of the molecule is CC1(C)c2ccccc2-c2ccc(-c3cccc4nc(-c5ccc6ccccc6c5)c5ccc6ccccc6c5c34)cc21.O=S(=O)(Oc1cccc2nc(-c3ccc4ccccc4c3)c3ccc4ccccc4c3c12)C(F)(F)F.Oc1cccc2nc(-c3ccc4ccccc4c3)c3ccc4ccccc4c3c12. The van der Waals surface area contributed by atoms with Crippen molar-refractivity contribution >= 4 is 140 Å². The highest BCUT2D eigenvalue weighted by molar-refractivity contribution is 7.88. The van der Waals surface area contributed by atoms with E-state index in [0.29, 0.717) is 22.0 Å². The normalized spacial score (nSPS) is 12.7. The fourth-order valence-corrected chi connectivity index (χ4v) is 16.9. The Bertz CT molecular complexity index is 7300. The second-order valence-electron chi connectivity index (χ2n) is 28.1. The molecule has 0 radical (unpaired) electrons. The van der Waals surface area contributed by atoms with Crippen molar-refractivity contribution in [3.05, 3.63) is 345 Å². The first-order valence-electron chi connectivity index (χ1n) is 35.7. The molecular formula is C97H62F3N3O4S. The van der Waals surface area contributed by atoms with E-state index in [2.05, 4.69) is 224 Å². The first-order valence-corrected chi connectivity index (χ1v) is 37.2. The van der Waals surface area contributed by atoms with Crippen LogP contribution in [0.1, 0.15) is 25.0 Å². The summed E-state index contributed by atoms with van der Waals surface area (Å²) < 4.78 is 68.0. The number of hydrogen-bond acceptors (Lipinski definition) is 7. The van der Waals surface area contributed by atoms with Crippen molar-refractivity contribution in [1.82, 2.24) is 15.0 Å². The van der Waals surface area contributed by atoms with Crippen molar-refractivity contribution in [2.24, 2.45) is 0 Å². The molecule has 0 aliphatic heterocycles. The average molecular weight is 1420 g/mol. The van der Waals surface area contributed by atoms with Gasteiger partial charge in [-0.25, -0.2) is 15.0 Å². The predicted molar refractivity (Wildman–Crippen MR) is 439 cm³/mol. The van der Waals surface area contributed by atoms with Crippen LogP contribution in [0.5, 0.6) is 11.5 Å². The van der Waals surface area contributed by atoms with Gasteiger partial charge in [-0.15, -0.1) is 0 Å². The molecule has 7 nitrogen and oxygen atoms in total. The Morgan fingerprint density at radius 3 is 1.16 bits per heavy atom. The van der Waals surface area contributed by atoms with Crippen molar-refractivity contribution in [3.8, 4) is 67.5 Å². The number of fused-ring (bicyclic) bond motifs is 21. The number of phenols is 1. The van der Waals surface area contributed by atoms with E-state index in [-0.39, 0.29) is 16.6 Å². The quantitative estimate of drug-likeness (QED) is 0.100. The first-order chi connectivity index (χ1) is 52.6. The van der Waals surface area contributed by atoms with E-state index in [4.69, 9.17) is 15.0 Å². The van der Waals surface area contributed by atoms with Crippen LogP contribution in [0.2, 0.25) is 0 Å². The summed E-state index contributed by atoms with van der Waals surface area (Å²) in [5.41, 5.74) is 10.1. The van der Waals surface area contributed by atoms with Crippen molar-refractivity contribution in [3.63, 3.8) is 0 Å². The molecule has 0 amide bonds. The maximum Gasteiger partial charge on any atom is 0.534 e. The van der Waals surface area contributed by atoms with Crippen molar-refractivity contribution < 1.29 is 30.9 Å². The number of aromatic hydroxyl groups is 1. The van der Waals surface area contributed by atoms with Gasteiger partial charge in [0.15, 0.2) is 5.75 Å². The second-order valence-corrected chi connectivity index (χ2v) is 29.7. The van der Waals surface area contributed by atoms with E-state index in [1.54, 1.807) is 12.1 Å². The summed E-state index contributed by atoms with van der Waals surface area (Å²) in [6.45, 7) is 4.70. The van der Waals surface area contributed by atoms with Crippen LogP contribution in [0.25, 0.3) is 186 Å². The van der Waals surface area contributed by atoms with Gasteiger partial charge in [0, 0.05) is 59.8 Å². The van der Waals surface area contributed by atoms with E-state index in [9.17, 15) is 26.7 Å². The highest BCUT2D eigenvalue weighted by Gasteiger charge is 2.49. The highest BCUT2D eigenvalue weighted by Crippen LogP contribution is 2.52. The highest BCUT2D eigenvalue weighted by atomic mass is 32.2. The number of pyridine rings is 3. The summed E-state index contributed by atoms with van der Waals surface area (Å²) >= 11 is 0. The fourth-order valence-electron chi connectivity index (χ4n) is 16.4. The van der Waals surface area contributed by atoms with Crippen molar-refractivity contribution in [2.45, 2.75) is 24.8 Å². The molecule has 0 fully saturated rings. The molecule has 20 aromatic rings. The molecule has 0 bridgehead atoms. The number of hydrogen-bond donors (Lipinski definition) is 1. The van der Waals surface area contributed by atoms with Gasteiger partial charge in [0.05, 0.1) is 44.4 Å². The maximum atomic E-state index is 13.2. The number of phenolic OH excluding ortho intramolecular Hbond substituents is 1. The molecule has 0 unspecified atom stereocenters. The molecule has 1 aliphatic rings. The lowest BCUT2D eigenvalue weighted by atomic mass is 9.81. The van der Waals surface area contributed by atoms with E-state index in [1.807, 2.05) is 103 Å². The molecular weight excluding hydrogens is 1360 g/mol. The molecule has 108 heavy (non-hydrogen) atoms. The van der Waals surface area contributed by atoms with Gasteiger partial charge in [-0.2, -0.15) is 21.6 Å². The first kappa shape index (κ1) is 65.4. The second kappa shape index (κ2) is 25.5. The average Bonchev–Trinajstić information content (AvgIpc) is 1.02. The third-order valence-corrected chi connectivity index (χ3v) is 22.5. The Kier molecular flexibility index (Phi) is 15.4. The van der Waals surface area contributed by atoms with Crippen LogP contribution in [-0.2, 0) is 15.5 Å². The Labute approximate surface area is 618 Å². The van der Waals surface area contributed by atoms with E-state index >= 15 is 0 Å². The standard InChI is InChI=1S/C42H29N.C28H16F3NO3S.C27H17NO/c1-42(2)36-16-8-7-14-33(36)34-22-21-29(25-37(34)42)32-15-9-17-38-40(32)39-31-13-6-5-11-27(31)20-23-35(39)41(43-38)30-19-18-26-10-3-4-12-28(26)24-30;29-28(30,31)36(33,34)35-24-11-5-10-23-26(24)25-21-9-4-3-7-18(21)14-15-22(25)27(32-23)20-13-12-17-6-1-2-8-19(17)16-20;29-24-11-5-10-23-26(24)25-21-9-4-3-7-18(21)14-15-22(25)27(28-23)20-13-12-17-6-1-2-8-19(17)16-20/h3-25H,1-2H3;1-16H;1-16,29H. The van der Waals surface area contributed by atoms with Crippen molar-refractivity contribution in [1.29, 1.82) is 0 Å². The third-order valence-electron chi connectivity index (χ3n) is 21.5. The summed E-state index contributed by atoms with van der Waals surface area (Å²) in [4.78, 5) is 15.2. The Balaban J connectivity index is 0.000000112. The molecule has 1 N–H and O–H groups in total. The monoisotopic (exact) mass is 1420 g/mol. The molecule has 3 heterocycles. The molecule has 0 saturated carbocycles. The topological polar surface area (TPSA) is 102 Å². The van der Waals surface area contributed by atoms with Crippen LogP contribution in [0.4, 0.5) is 13.2 Å². The molecule has 21 rings (SSSR count). The van der Waals surface area contributed by atoms with Gasteiger partial charge in [-0.05, 0) is 153 Å². The minimum Gasteiger partial charge on any atom is -0.507 e. The summed E-state index contributed by atoms with van der Waals surface area (Å²) in [6, 6.07) is 113. The van der Waals surface area contributed by atoms with E-state index in [1.165, 1.54) is 94.0 Å². The van der Waals surface area contributed by atoms with Gasteiger partial charge >= 0.3 is 15.6 Å². The number of nitrogens with zero attached hydrogens (tertiary/aromatic N) is 3. The van der Waals surface area contributed by atoms with Crippen LogP contribution >= 0.6 is 0 Å². The molecule has 516 valence electrons. The molecule has 0 atom stereocenters. The van der Waals surface area contributed by atoms with E-state index < -0.39 is 21.4 Å². The zero-order valence-corrected chi connectivity index (χ0v) is 59.1. The minimum atomic E-state index is -5.88. The smallest absolute Gasteiger partial charge is 0.507 e. The maximum absolute atomic E-state index is 13.2. The molecule has 0 saturated heterocycles. The van der Waals surface area contributed by atoms with Crippen LogP contribution in [0, 0.1) is 0 Å². The van der Waals surface area contributed by atoms with Gasteiger partial charge < -0.3 is 9.29 Å². The van der Waals surface area contributed by atoms with Crippen LogP contribution in [0.15, 0.2) is 334 Å².